The predicted octanol–water partition coefficient (Wildman–Crippen LogP) is 4.93. The van der Waals surface area contributed by atoms with Crippen molar-refractivity contribution < 1.29 is 4.92 Å². The van der Waals surface area contributed by atoms with Gasteiger partial charge >= 0.3 is 0 Å². The van der Waals surface area contributed by atoms with Crippen LogP contribution in [0.25, 0.3) is 0 Å². The van der Waals surface area contributed by atoms with Crippen molar-refractivity contribution in [3.63, 3.8) is 0 Å². The summed E-state index contributed by atoms with van der Waals surface area (Å²) in [7, 11) is 0. The van der Waals surface area contributed by atoms with Gasteiger partial charge in [-0.2, -0.15) is 0 Å². The number of hydrogen-bond donors (Lipinski definition) is 0. The van der Waals surface area contributed by atoms with Gasteiger partial charge in [0.05, 0.1) is 9.82 Å². The Bertz CT molecular complexity index is 653. The van der Waals surface area contributed by atoms with Crippen LogP contribution in [0.1, 0.15) is 29.7 Å². The quantitative estimate of drug-likeness (QED) is 0.422. The third-order valence-corrected chi connectivity index (χ3v) is 6.20. The summed E-state index contributed by atoms with van der Waals surface area (Å²) >= 11 is 3.23. The summed E-state index contributed by atoms with van der Waals surface area (Å²) in [5.74, 6) is 0.782. The SMILES string of the molecule is O=[N+]([O-])c1cc(CN2CCCCC2)ccc1SCc1cccs1. The highest BCUT2D eigenvalue weighted by Crippen LogP contribution is 2.33. The molecule has 0 atom stereocenters. The lowest BCUT2D eigenvalue weighted by Gasteiger charge is -2.26. The van der Waals surface area contributed by atoms with Gasteiger partial charge in [0, 0.05) is 23.2 Å². The van der Waals surface area contributed by atoms with Gasteiger partial charge in [0.15, 0.2) is 0 Å². The number of piperidine rings is 1. The monoisotopic (exact) mass is 348 g/mol. The van der Waals surface area contributed by atoms with Gasteiger partial charge in [-0.05, 0) is 49.0 Å². The number of nitrogens with zero attached hydrogens (tertiary/aromatic N) is 2. The predicted molar refractivity (Wildman–Crippen MR) is 96.1 cm³/mol. The van der Waals surface area contributed by atoms with E-state index in [9.17, 15) is 10.1 Å². The first-order valence-corrected chi connectivity index (χ1v) is 9.74. The highest BCUT2D eigenvalue weighted by molar-refractivity contribution is 7.98. The molecule has 0 radical (unpaired) electrons. The maximum atomic E-state index is 11.4. The number of hydrogen-bond acceptors (Lipinski definition) is 5. The van der Waals surface area contributed by atoms with Crippen LogP contribution in [0.3, 0.4) is 0 Å². The maximum Gasteiger partial charge on any atom is 0.283 e. The molecule has 1 aliphatic rings. The van der Waals surface area contributed by atoms with Crippen LogP contribution in [0, 0.1) is 10.1 Å². The Morgan fingerprint density at radius 2 is 2.04 bits per heavy atom. The van der Waals surface area contributed by atoms with E-state index in [1.807, 2.05) is 23.6 Å². The van der Waals surface area contributed by atoms with Crippen molar-refractivity contribution in [3.8, 4) is 0 Å². The Balaban J connectivity index is 1.71. The van der Waals surface area contributed by atoms with E-state index >= 15 is 0 Å². The van der Waals surface area contributed by atoms with E-state index in [4.69, 9.17) is 0 Å². The zero-order valence-electron chi connectivity index (χ0n) is 12.9. The molecule has 1 aliphatic heterocycles. The average molecular weight is 348 g/mol. The first kappa shape index (κ1) is 16.5. The van der Waals surface area contributed by atoms with Gasteiger partial charge in [-0.15, -0.1) is 23.1 Å². The number of nitro groups is 1. The molecule has 0 unspecified atom stereocenters. The summed E-state index contributed by atoms with van der Waals surface area (Å²) < 4.78 is 0. The molecule has 0 spiro atoms. The molecule has 1 aromatic heterocycles. The van der Waals surface area contributed by atoms with E-state index in [2.05, 4.69) is 11.0 Å². The van der Waals surface area contributed by atoms with Gasteiger partial charge in [-0.1, -0.05) is 18.6 Å². The minimum absolute atomic E-state index is 0.237. The van der Waals surface area contributed by atoms with Crippen LogP contribution in [0.5, 0.6) is 0 Å². The maximum absolute atomic E-state index is 11.4. The Morgan fingerprint density at radius 1 is 1.22 bits per heavy atom. The van der Waals surface area contributed by atoms with E-state index in [0.717, 1.165) is 35.8 Å². The van der Waals surface area contributed by atoms with Gasteiger partial charge in [0.25, 0.3) is 5.69 Å². The van der Waals surface area contributed by atoms with Gasteiger partial charge in [0.1, 0.15) is 0 Å². The van der Waals surface area contributed by atoms with Crippen molar-refractivity contribution in [2.45, 2.75) is 36.5 Å². The van der Waals surface area contributed by atoms with Crippen molar-refractivity contribution in [1.29, 1.82) is 0 Å². The van der Waals surface area contributed by atoms with Gasteiger partial charge in [-0.25, -0.2) is 0 Å². The lowest BCUT2D eigenvalue weighted by molar-refractivity contribution is -0.387. The Morgan fingerprint density at radius 3 is 2.74 bits per heavy atom. The molecule has 4 nitrogen and oxygen atoms in total. The van der Waals surface area contributed by atoms with Crippen LogP contribution in [0.15, 0.2) is 40.6 Å². The summed E-state index contributed by atoms with van der Waals surface area (Å²) in [6.07, 6.45) is 3.77. The second kappa shape index (κ2) is 7.95. The first-order chi connectivity index (χ1) is 11.2. The second-order valence-corrected chi connectivity index (χ2v) is 7.81. The molecular formula is C17H20N2O2S2. The number of thiophene rings is 1. The molecular weight excluding hydrogens is 328 g/mol. The van der Waals surface area contributed by atoms with Crippen LogP contribution in [-0.4, -0.2) is 22.9 Å². The van der Waals surface area contributed by atoms with Gasteiger partial charge in [-0.3, -0.25) is 15.0 Å². The summed E-state index contributed by atoms with van der Waals surface area (Å²) in [5, 5.41) is 13.4. The largest absolute Gasteiger partial charge is 0.299 e. The fourth-order valence-corrected chi connectivity index (χ4v) is 4.62. The molecule has 1 fully saturated rings. The van der Waals surface area contributed by atoms with Gasteiger partial charge in [0.2, 0.25) is 0 Å². The van der Waals surface area contributed by atoms with E-state index < -0.39 is 0 Å². The number of benzene rings is 1. The minimum atomic E-state index is -0.254. The standard InChI is InChI=1S/C17H20N2O2S2/c20-19(21)16-11-14(12-18-8-2-1-3-9-18)6-7-17(16)23-13-15-5-4-10-22-15/h4-7,10-11H,1-3,8-9,12-13H2. The van der Waals surface area contributed by atoms with Crippen LogP contribution in [0.4, 0.5) is 5.69 Å². The molecule has 1 aromatic carbocycles. The summed E-state index contributed by atoms with van der Waals surface area (Å²) in [6, 6.07) is 9.78. The molecule has 2 aromatic rings. The van der Waals surface area contributed by atoms with Gasteiger partial charge < -0.3 is 0 Å². The van der Waals surface area contributed by atoms with E-state index in [0.29, 0.717) is 0 Å². The minimum Gasteiger partial charge on any atom is -0.299 e. The topological polar surface area (TPSA) is 46.4 Å². The van der Waals surface area contributed by atoms with Crippen molar-refractivity contribution in [2.75, 3.05) is 13.1 Å². The zero-order valence-corrected chi connectivity index (χ0v) is 14.6. The molecule has 0 N–H and O–H groups in total. The van der Waals surface area contributed by atoms with Crippen molar-refractivity contribution >= 4 is 28.8 Å². The summed E-state index contributed by atoms with van der Waals surface area (Å²) in [5.41, 5.74) is 1.28. The van der Waals surface area contributed by atoms with Crippen LogP contribution in [0.2, 0.25) is 0 Å². The van der Waals surface area contributed by atoms with Crippen LogP contribution < -0.4 is 0 Å². The molecule has 1 saturated heterocycles. The van der Waals surface area contributed by atoms with Crippen LogP contribution >= 0.6 is 23.1 Å². The normalized spacial score (nSPS) is 15.7. The molecule has 2 heterocycles. The van der Waals surface area contributed by atoms with Crippen molar-refractivity contribution in [3.05, 3.63) is 56.3 Å². The Kier molecular flexibility index (Phi) is 5.70. The van der Waals surface area contributed by atoms with E-state index in [1.54, 1.807) is 29.2 Å². The molecule has 3 rings (SSSR count). The Labute approximate surface area is 144 Å². The molecule has 122 valence electrons. The number of nitro benzene ring substituents is 1. The first-order valence-electron chi connectivity index (χ1n) is 7.87. The molecule has 23 heavy (non-hydrogen) atoms. The third kappa shape index (κ3) is 4.56. The summed E-state index contributed by atoms with van der Waals surface area (Å²) in [4.78, 5) is 15.5. The number of rotatable bonds is 6. The molecule has 0 aliphatic carbocycles. The van der Waals surface area contributed by atoms with E-state index in [1.165, 1.54) is 24.1 Å². The molecule has 6 heteroatoms. The van der Waals surface area contributed by atoms with Crippen molar-refractivity contribution in [2.24, 2.45) is 0 Å². The Hall–Kier alpha value is -1.37. The average Bonchev–Trinajstić information content (AvgIpc) is 3.08. The fourth-order valence-electron chi connectivity index (χ4n) is 2.85. The number of likely N-dealkylation sites (tertiary alicyclic amines) is 1. The summed E-state index contributed by atoms with van der Waals surface area (Å²) in [6.45, 7) is 3.02. The lowest BCUT2D eigenvalue weighted by Crippen LogP contribution is -2.29. The highest BCUT2D eigenvalue weighted by atomic mass is 32.2. The van der Waals surface area contributed by atoms with E-state index in [-0.39, 0.29) is 10.6 Å². The van der Waals surface area contributed by atoms with Crippen LogP contribution in [-0.2, 0) is 12.3 Å². The zero-order chi connectivity index (χ0) is 16.1. The second-order valence-electron chi connectivity index (χ2n) is 5.76. The molecule has 0 bridgehead atoms. The van der Waals surface area contributed by atoms with Crippen molar-refractivity contribution in [1.82, 2.24) is 4.90 Å². The lowest BCUT2D eigenvalue weighted by atomic mass is 10.1. The smallest absolute Gasteiger partial charge is 0.283 e. The highest BCUT2D eigenvalue weighted by Gasteiger charge is 2.17. The molecule has 0 amide bonds. The number of thioether (sulfide) groups is 1. The molecule has 0 saturated carbocycles. The fraction of sp³-hybridized carbons (Fsp3) is 0.412. The third-order valence-electron chi connectivity index (χ3n) is 4.02.